The second kappa shape index (κ2) is 25.1. The maximum absolute atomic E-state index is 14.8. The second-order valence-corrected chi connectivity index (χ2v) is 29.0. The lowest BCUT2D eigenvalue weighted by molar-refractivity contribution is 0.0682. The number of amides is 1. The van der Waals surface area contributed by atoms with Crippen LogP contribution in [0, 0.1) is 72.2 Å². The van der Waals surface area contributed by atoms with Gasteiger partial charge < -0.3 is 44.6 Å². The van der Waals surface area contributed by atoms with Crippen LogP contribution in [0.25, 0.3) is 50.9 Å². The molecule has 7 N–H and O–H groups in total. The number of aryl methyl sites for hydroxylation is 3. The number of aromatic carboxylic acids is 2. The molecule has 84 heavy (non-hydrogen) atoms. The van der Waals surface area contributed by atoms with Gasteiger partial charge in [-0.3, -0.25) is 4.79 Å². The number of nitriles is 3. The molecule has 0 saturated heterocycles. The van der Waals surface area contributed by atoms with E-state index in [1.807, 2.05) is 31.2 Å². The number of hydrogen-bond donors (Lipinski definition) is 6. The van der Waals surface area contributed by atoms with Gasteiger partial charge in [-0.1, -0.05) is 53.0 Å². The Morgan fingerprint density at radius 2 is 0.750 bits per heavy atom. The molecule has 3 atom stereocenters. The zero-order valence-electron chi connectivity index (χ0n) is 45.0. The lowest BCUT2D eigenvalue weighted by Crippen LogP contribution is -2.25. The first-order valence-electron chi connectivity index (χ1n) is 24.5. The number of carbonyl (C=O) groups is 3. The van der Waals surface area contributed by atoms with Crippen LogP contribution in [-0.4, -0.2) is 63.0 Å². The van der Waals surface area contributed by atoms with Crippen LogP contribution in [0.2, 0.25) is 15.1 Å². The maximum atomic E-state index is 14.8. The van der Waals surface area contributed by atoms with E-state index in [9.17, 15) is 51.5 Å². The molecule has 0 aliphatic rings. The van der Waals surface area contributed by atoms with Gasteiger partial charge in [0.2, 0.25) is 0 Å². The van der Waals surface area contributed by atoms with Crippen LogP contribution in [0.5, 0.6) is 0 Å². The third-order valence-corrected chi connectivity index (χ3v) is 21.7. The number of nitrogens with one attached hydrogen (secondary N) is 3. The summed E-state index contributed by atoms with van der Waals surface area (Å²) in [6, 6.07) is 29.4. The molecule has 24 heteroatoms. The van der Waals surface area contributed by atoms with Gasteiger partial charge in [-0.25, -0.2) is 22.8 Å². The van der Waals surface area contributed by atoms with Gasteiger partial charge in [0, 0.05) is 66.9 Å². The normalized spacial score (nSPS) is 13.5. The predicted molar refractivity (Wildman–Crippen MR) is 328 cm³/mol. The number of H-pyrrole nitrogens is 3. The number of aromatic nitrogens is 3. The number of carboxylic acid groups (broad SMARTS) is 2. The van der Waals surface area contributed by atoms with Crippen LogP contribution in [0.4, 0.5) is 13.2 Å². The standard InChI is InChI=1S/C20H16ClFN3O2P.2C20H15ClFN2O3P/c1-11-8-12(4-3-7-23)10-13(9-11)28(2,27)19-16-15(25-18(19)20(24)26)6-5-14(21)17(16)22;2*1-11-8-12(4-3-7-23)10-13(9-11)28(2,27)19-16-15(24-18(19)20(25)26)6-5-14(21)17(16)22/h3-6,8-10,25H,1-2H3,(H2,24,26);2*3-6,8-10,24H,1-2H3,(H,25,26)/b3*4-3+. The minimum absolute atomic E-state index is 0.0100. The minimum atomic E-state index is -3.55. The Bertz CT molecular complexity index is 4180. The molecule has 0 saturated carbocycles. The molecule has 426 valence electrons. The third kappa shape index (κ3) is 12.6. The molecule has 15 nitrogen and oxygen atoms in total. The molecule has 9 rings (SSSR count). The largest absolute Gasteiger partial charge is 0.477 e. The van der Waals surface area contributed by atoms with Crippen molar-refractivity contribution in [3.63, 3.8) is 0 Å². The molecule has 9 aromatic rings. The Balaban J connectivity index is 0.000000181. The Hall–Kier alpha value is -8.61. The highest BCUT2D eigenvalue weighted by atomic mass is 35.5. The fourth-order valence-electron chi connectivity index (χ4n) is 9.57. The first kappa shape index (κ1) is 63.0. The number of carbonyl (C=O) groups excluding carboxylic acids is 1. The number of nitrogens with two attached hydrogens (primary N) is 1. The quantitative estimate of drug-likeness (QED) is 0.0494. The molecule has 3 aromatic heterocycles. The zero-order valence-corrected chi connectivity index (χ0v) is 49.9. The van der Waals surface area contributed by atoms with Crippen LogP contribution >= 0.6 is 56.2 Å². The Morgan fingerprint density at radius 1 is 0.488 bits per heavy atom. The highest BCUT2D eigenvalue weighted by molar-refractivity contribution is 7.79. The first-order valence-corrected chi connectivity index (χ1v) is 32.1. The van der Waals surface area contributed by atoms with E-state index >= 15 is 0 Å². The number of halogens is 6. The molecule has 1 amide bonds. The number of benzene rings is 6. The van der Waals surface area contributed by atoms with Crippen LogP contribution < -0.4 is 37.6 Å². The van der Waals surface area contributed by atoms with E-state index in [0.717, 1.165) is 16.7 Å². The Labute approximate surface area is 493 Å². The van der Waals surface area contributed by atoms with Crippen LogP contribution in [-0.2, 0) is 13.7 Å². The summed E-state index contributed by atoms with van der Waals surface area (Å²) in [7, 11) is -10.6. The van der Waals surface area contributed by atoms with Crippen molar-refractivity contribution in [3.8, 4) is 18.2 Å². The lowest BCUT2D eigenvalue weighted by Gasteiger charge is -2.16. The van der Waals surface area contributed by atoms with E-state index in [4.69, 9.17) is 56.3 Å². The summed E-state index contributed by atoms with van der Waals surface area (Å²) < 4.78 is 86.1. The lowest BCUT2D eigenvalue weighted by atomic mass is 10.1. The van der Waals surface area contributed by atoms with Crippen molar-refractivity contribution in [1.29, 1.82) is 15.8 Å². The zero-order chi connectivity index (χ0) is 61.9. The molecular weight excluding hydrogens is 1200 g/mol. The Kier molecular flexibility index (Phi) is 18.8. The molecule has 0 aliphatic heterocycles. The molecule has 0 radical (unpaired) electrons. The number of carboxylic acids is 2. The second-order valence-electron chi connectivity index (χ2n) is 19.3. The summed E-state index contributed by atoms with van der Waals surface area (Å²) in [6.07, 6.45) is 8.57. The van der Waals surface area contributed by atoms with E-state index < -0.39 is 56.7 Å². The molecule has 3 heterocycles. The summed E-state index contributed by atoms with van der Waals surface area (Å²) in [4.78, 5) is 43.6. The Morgan fingerprint density at radius 3 is 1.00 bits per heavy atom. The van der Waals surface area contributed by atoms with Crippen LogP contribution in [0.3, 0.4) is 0 Å². The van der Waals surface area contributed by atoms with E-state index in [1.54, 1.807) is 80.6 Å². The monoisotopic (exact) mass is 1250 g/mol. The van der Waals surface area contributed by atoms with Gasteiger partial charge in [-0.15, -0.1) is 0 Å². The summed E-state index contributed by atoms with van der Waals surface area (Å²) in [5.41, 5.74) is 9.65. The van der Waals surface area contributed by atoms with E-state index in [-0.39, 0.29) is 80.8 Å². The van der Waals surface area contributed by atoms with Crippen molar-refractivity contribution in [2.45, 2.75) is 20.8 Å². The number of aromatic amines is 3. The number of nitrogens with zero attached hydrogens (tertiary/aromatic N) is 3. The fourth-order valence-corrected chi connectivity index (χ4v) is 17.0. The number of hydrogen-bond acceptors (Lipinski definition) is 9. The van der Waals surface area contributed by atoms with Crippen molar-refractivity contribution in [3.05, 3.63) is 192 Å². The highest BCUT2D eigenvalue weighted by Gasteiger charge is 2.36. The number of primary amides is 1. The van der Waals surface area contributed by atoms with Gasteiger partial charge in [0.25, 0.3) is 5.91 Å². The smallest absolute Gasteiger partial charge is 0.353 e. The number of allylic oxidation sites excluding steroid dienone is 3. The predicted octanol–water partition coefficient (Wildman–Crippen LogP) is 12.7. The first-order chi connectivity index (χ1) is 39.5. The van der Waals surface area contributed by atoms with Crippen molar-refractivity contribution in [2.24, 2.45) is 5.73 Å². The molecule has 0 bridgehead atoms. The number of fused-ring (bicyclic) bond motifs is 3. The molecule has 0 aliphatic carbocycles. The summed E-state index contributed by atoms with van der Waals surface area (Å²) in [5.74, 6) is -5.95. The summed E-state index contributed by atoms with van der Waals surface area (Å²) in [6.45, 7) is 9.64. The SMILES string of the molecule is Cc1cc(/C=C/C#N)cc(P(C)(=O)c2c(C(=O)O)[nH]c3ccc(Cl)c(F)c23)c1.Cc1cc(/C=C/C#N)cc(P(C)(=O)c2c(C(=O)O)[nH]c3ccc(Cl)c(F)c23)c1.Cc1cc(/C=C/C#N)cc(P(C)(=O)c2c(C(N)=O)[nH]c3ccc(Cl)c(F)c23)c1. The van der Waals surface area contributed by atoms with Gasteiger partial charge in [0.15, 0.2) is 17.5 Å². The third-order valence-electron chi connectivity index (χ3n) is 13.2. The van der Waals surface area contributed by atoms with E-state index in [2.05, 4.69) is 15.0 Å². The van der Waals surface area contributed by atoms with Crippen LogP contribution in [0.1, 0.15) is 64.8 Å². The average Bonchev–Trinajstić information content (AvgIpc) is 2.02. The van der Waals surface area contributed by atoms with Gasteiger partial charge in [0.05, 0.1) is 49.2 Å². The number of rotatable bonds is 12. The molecule has 6 aromatic carbocycles. The average molecular weight is 1250 g/mol. The van der Waals surface area contributed by atoms with E-state index in [0.29, 0.717) is 32.6 Å². The van der Waals surface area contributed by atoms with E-state index in [1.165, 1.54) is 74.6 Å². The van der Waals surface area contributed by atoms with Gasteiger partial charge in [-0.2, -0.15) is 15.8 Å². The van der Waals surface area contributed by atoms with Gasteiger partial charge in [-0.05, 0) is 165 Å². The highest BCUT2D eigenvalue weighted by Crippen LogP contribution is 2.47. The van der Waals surface area contributed by atoms with Crippen LogP contribution in [0.15, 0.2) is 109 Å². The topological polar surface area (TPSA) is 288 Å². The van der Waals surface area contributed by atoms with Crippen molar-refractivity contribution >= 4 is 157 Å². The molecule has 3 unspecified atom stereocenters. The molecular formula is C60H46Cl3F3N7O8P3. The molecule has 0 spiro atoms. The van der Waals surface area contributed by atoms with Crippen molar-refractivity contribution < 1.29 is 51.5 Å². The summed E-state index contributed by atoms with van der Waals surface area (Å²) >= 11 is 17.7. The van der Waals surface area contributed by atoms with Crippen molar-refractivity contribution in [1.82, 2.24) is 15.0 Å². The summed E-state index contributed by atoms with van der Waals surface area (Å²) in [5, 5.41) is 45.6. The van der Waals surface area contributed by atoms with Gasteiger partial charge in [0.1, 0.15) is 38.5 Å². The van der Waals surface area contributed by atoms with Crippen molar-refractivity contribution in [2.75, 3.05) is 20.0 Å². The minimum Gasteiger partial charge on any atom is -0.477 e. The maximum Gasteiger partial charge on any atom is 0.353 e. The fraction of sp³-hybridized carbons (Fsp3) is 0.100. The van der Waals surface area contributed by atoms with Gasteiger partial charge >= 0.3 is 11.9 Å². The molecule has 0 fully saturated rings.